The van der Waals surface area contributed by atoms with Crippen molar-refractivity contribution in [2.45, 2.75) is 44.6 Å². The minimum atomic E-state index is 0.653. The van der Waals surface area contributed by atoms with Crippen molar-refractivity contribution >= 4 is 5.69 Å². The molecular formula is C17H28N2O. The van der Waals surface area contributed by atoms with Crippen LogP contribution in [0.2, 0.25) is 0 Å². The Labute approximate surface area is 123 Å². The van der Waals surface area contributed by atoms with Gasteiger partial charge in [0.05, 0.1) is 0 Å². The highest BCUT2D eigenvalue weighted by atomic mass is 16.5. The first-order valence-electron chi connectivity index (χ1n) is 7.85. The number of nitrogens with zero attached hydrogens (tertiary/aromatic N) is 1. The van der Waals surface area contributed by atoms with Gasteiger partial charge in [-0.2, -0.15) is 0 Å². The van der Waals surface area contributed by atoms with Crippen molar-refractivity contribution in [3.63, 3.8) is 0 Å². The van der Waals surface area contributed by atoms with Crippen molar-refractivity contribution in [3.8, 4) is 0 Å². The number of ether oxygens (including phenoxy) is 1. The fraction of sp³-hybridized carbons (Fsp3) is 0.647. The van der Waals surface area contributed by atoms with Gasteiger partial charge in [0, 0.05) is 32.0 Å². The van der Waals surface area contributed by atoms with Crippen LogP contribution >= 0.6 is 0 Å². The van der Waals surface area contributed by atoms with Gasteiger partial charge in [0.25, 0.3) is 0 Å². The maximum Gasteiger partial charge on any atom is 0.0485 e. The molecular weight excluding hydrogens is 248 g/mol. The fourth-order valence-corrected chi connectivity index (χ4v) is 3.22. The summed E-state index contributed by atoms with van der Waals surface area (Å²) in [7, 11) is 3.74. The Bertz CT molecular complexity index is 413. The molecule has 0 aromatic heterocycles. The summed E-state index contributed by atoms with van der Waals surface area (Å²) in [5.74, 6) is 0. The summed E-state index contributed by atoms with van der Waals surface area (Å²) in [5, 5.41) is 0. The maximum atomic E-state index is 5.45. The first-order valence-corrected chi connectivity index (χ1v) is 7.85. The topological polar surface area (TPSA) is 38.5 Å². The van der Waals surface area contributed by atoms with Gasteiger partial charge in [0.1, 0.15) is 0 Å². The highest BCUT2D eigenvalue weighted by molar-refractivity contribution is 5.52. The second kappa shape index (κ2) is 7.65. The van der Waals surface area contributed by atoms with E-state index in [0.717, 1.165) is 26.1 Å². The predicted octanol–water partition coefficient (Wildman–Crippen LogP) is 2.76. The Kier molecular flexibility index (Phi) is 5.86. The molecule has 0 atom stereocenters. The largest absolute Gasteiger partial charge is 0.381 e. The summed E-state index contributed by atoms with van der Waals surface area (Å²) in [6, 6.07) is 7.73. The van der Waals surface area contributed by atoms with E-state index in [2.05, 4.69) is 35.9 Å². The van der Waals surface area contributed by atoms with E-state index in [4.69, 9.17) is 4.74 Å². The maximum absolute atomic E-state index is 5.45. The van der Waals surface area contributed by atoms with E-state index in [0.29, 0.717) is 6.04 Å². The normalized spacial score (nSPS) is 18.8. The van der Waals surface area contributed by atoms with Crippen LogP contribution in [-0.2, 0) is 17.6 Å². The number of hydrogen-bond donors (Lipinski definition) is 1. The molecule has 3 heteroatoms. The molecule has 20 heavy (non-hydrogen) atoms. The second-order valence-electron chi connectivity index (χ2n) is 5.61. The number of nitrogens with two attached hydrogens (primary N) is 1. The molecule has 3 rings (SSSR count). The van der Waals surface area contributed by atoms with E-state index >= 15 is 0 Å². The van der Waals surface area contributed by atoms with Crippen LogP contribution in [0.25, 0.3) is 0 Å². The lowest BCUT2D eigenvalue weighted by atomic mass is 9.91. The van der Waals surface area contributed by atoms with Crippen molar-refractivity contribution in [2.75, 3.05) is 32.2 Å². The summed E-state index contributed by atoms with van der Waals surface area (Å²) in [4.78, 5) is 2.46. The summed E-state index contributed by atoms with van der Waals surface area (Å²) in [6.07, 6.45) is 7.59. The van der Waals surface area contributed by atoms with Crippen molar-refractivity contribution in [2.24, 2.45) is 5.73 Å². The molecule has 1 fully saturated rings. The third kappa shape index (κ3) is 3.53. The second-order valence-corrected chi connectivity index (χ2v) is 5.61. The number of aryl methyl sites for hydroxylation is 2. The zero-order chi connectivity index (χ0) is 14.4. The quantitative estimate of drug-likeness (QED) is 0.902. The zero-order valence-corrected chi connectivity index (χ0v) is 12.9. The van der Waals surface area contributed by atoms with Crippen LogP contribution in [0.3, 0.4) is 0 Å². The molecule has 2 aliphatic rings. The summed E-state index contributed by atoms with van der Waals surface area (Å²) >= 11 is 0. The standard InChI is InChI=1S/C16H23NO.CH5N/c1-17(15-8-10-18-11-9-15)16-7-6-13-4-2-3-5-14(13)12-16;1-2/h6-7,12,15H,2-5,8-11H2,1H3;2H2,1H3. The number of hydrogen-bond acceptors (Lipinski definition) is 3. The predicted molar refractivity (Wildman–Crippen MR) is 85.4 cm³/mol. The van der Waals surface area contributed by atoms with Crippen LogP contribution in [0.5, 0.6) is 0 Å². The van der Waals surface area contributed by atoms with Crippen LogP contribution < -0.4 is 10.6 Å². The Morgan fingerprint density at radius 2 is 1.70 bits per heavy atom. The average Bonchev–Trinajstić information content (AvgIpc) is 2.56. The Morgan fingerprint density at radius 1 is 1.05 bits per heavy atom. The summed E-state index contributed by atoms with van der Waals surface area (Å²) < 4.78 is 5.45. The molecule has 0 unspecified atom stereocenters. The number of anilines is 1. The van der Waals surface area contributed by atoms with Gasteiger partial charge in [-0.3, -0.25) is 0 Å². The van der Waals surface area contributed by atoms with Crippen LogP contribution in [0.1, 0.15) is 36.8 Å². The molecule has 0 spiro atoms. The summed E-state index contributed by atoms with van der Waals surface area (Å²) in [6.45, 7) is 1.83. The van der Waals surface area contributed by atoms with E-state index < -0.39 is 0 Å². The first-order chi connectivity index (χ1) is 9.84. The lowest BCUT2D eigenvalue weighted by Crippen LogP contribution is -2.36. The Hall–Kier alpha value is -1.06. The Morgan fingerprint density at radius 3 is 2.40 bits per heavy atom. The highest BCUT2D eigenvalue weighted by Gasteiger charge is 2.19. The van der Waals surface area contributed by atoms with E-state index in [-0.39, 0.29) is 0 Å². The molecule has 0 radical (unpaired) electrons. The minimum Gasteiger partial charge on any atom is -0.381 e. The molecule has 0 saturated carbocycles. The number of fused-ring (bicyclic) bond motifs is 1. The zero-order valence-electron chi connectivity index (χ0n) is 12.9. The van der Waals surface area contributed by atoms with Crippen LogP contribution in [-0.4, -0.2) is 33.4 Å². The van der Waals surface area contributed by atoms with Crippen molar-refractivity contribution in [1.29, 1.82) is 0 Å². The monoisotopic (exact) mass is 276 g/mol. The molecule has 112 valence electrons. The molecule has 2 N–H and O–H groups in total. The Balaban J connectivity index is 0.000000704. The van der Waals surface area contributed by atoms with Gasteiger partial charge in [-0.1, -0.05) is 6.07 Å². The van der Waals surface area contributed by atoms with Gasteiger partial charge >= 0.3 is 0 Å². The molecule has 0 bridgehead atoms. The third-order valence-corrected chi connectivity index (χ3v) is 4.48. The molecule has 0 amide bonds. The smallest absolute Gasteiger partial charge is 0.0485 e. The third-order valence-electron chi connectivity index (χ3n) is 4.48. The van der Waals surface area contributed by atoms with Crippen molar-refractivity contribution in [1.82, 2.24) is 0 Å². The molecule has 1 saturated heterocycles. The van der Waals surface area contributed by atoms with Gasteiger partial charge in [-0.25, -0.2) is 0 Å². The number of benzene rings is 1. The van der Waals surface area contributed by atoms with Gasteiger partial charge in [-0.15, -0.1) is 0 Å². The SMILES string of the molecule is CN.CN(c1ccc2c(c1)CCCC2)C1CCOCC1. The van der Waals surface area contributed by atoms with Crippen molar-refractivity contribution < 1.29 is 4.74 Å². The summed E-state index contributed by atoms with van der Waals surface area (Å²) in [5.41, 5.74) is 9.05. The van der Waals surface area contributed by atoms with Crippen LogP contribution in [0.15, 0.2) is 18.2 Å². The minimum absolute atomic E-state index is 0.653. The van der Waals surface area contributed by atoms with E-state index in [1.54, 1.807) is 11.1 Å². The first kappa shape index (κ1) is 15.3. The molecule has 3 nitrogen and oxygen atoms in total. The van der Waals surface area contributed by atoms with Gasteiger partial charge < -0.3 is 15.4 Å². The lowest BCUT2D eigenvalue weighted by molar-refractivity contribution is 0.0855. The fourth-order valence-electron chi connectivity index (χ4n) is 3.22. The van der Waals surface area contributed by atoms with Gasteiger partial charge in [0.2, 0.25) is 0 Å². The molecule has 1 aliphatic heterocycles. The van der Waals surface area contributed by atoms with E-state index in [1.165, 1.54) is 38.4 Å². The van der Waals surface area contributed by atoms with Gasteiger partial charge in [-0.05, 0) is 68.8 Å². The van der Waals surface area contributed by atoms with E-state index in [1.807, 2.05) is 0 Å². The van der Waals surface area contributed by atoms with Crippen LogP contribution in [0, 0.1) is 0 Å². The lowest BCUT2D eigenvalue weighted by Gasteiger charge is -2.33. The van der Waals surface area contributed by atoms with E-state index in [9.17, 15) is 0 Å². The van der Waals surface area contributed by atoms with Crippen LogP contribution in [0.4, 0.5) is 5.69 Å². The molecule has 1 aromatic carbocycles. The molecule has 1 heterocycles. The molecule has 1 aromatic rings. The number of rotatable bonds is 2. The molecule has 1 aliphatic carbocycles. The average molecular weight is 276 g/mol. The van der Waals surface area contributed by atoms with Gasteiger partial charge in [0.15, 0.2) is 0 Å². The highest BCUT2D eigenvalue weighted by Crippen LogP contribution is 2.28. The van der Waals surface area contributed by atoms with Crippen molar-refractivity contribution in [3.05, 3.63) is 29.3 Å².